The molecule has 0 aromatic carbocycles. The van der Waals surface area contributed by atoms with Crippen LogP contribution in [-0.4, -0.2) is 11.0 Å². The Hall–Kier alpha value is -0.960. The molecule has 1 heterocycles. The van der Waals surface area contributed by atoms with Crippen molar-refractivity contribution >= 4 is 0 Å². The predicted molar refractivity (Wildman–Crippen MR) is 71.8 cm³/mol. The van der Waals surface area contributed by atoms with Gasteiger partial charge in [0.15, 0.2) is 0 Å². The predicted octanol–water partition coefficient (Wildman–Crippen LogP) is 3.84. The Balaban J connectivity index is 1.91. The van der Waals surface area contributed by atoms with Crippen LogP contribution in [0.4, 0.5) is 4.39 Å². The van der Waals surface area contributed by atoms with E-state index in [0.29, 0.717) is 6.04 Å². The zero-order valence-electron chi connectivity index (χ0n) is 11.3. The molecular weight excluding hydrogens is 227 g/mol. The minimum atomic E-state index is -0.258. The number of nitrogens with one attached hydrogen (secondary N) is 1. The van der Waals surface area contributed by atoms with E-state index >= 15 is 0 Å². The molecule has 100 valence electrons. The van der Waals surface area contributed by atoms with Gasteiger partial charge in [-0.1, -0.05) is 19.3 Å². The highest BCUT2D eigenvalue weighted by Gasteiger charge is 2.21. The van der Waals surface area contributed by atoms with Gasteiger partial charge < -0.3 is 5.32 Å². The van der Waals surface area contributed by atoms with E-state index in [-0.39, 0.29) is 11.9 Å². The molecule has 1 N–H and O–H groups in total. The van der Waals surface area contributed by atoms with E-state index in [4.69, 9.17) is 0 Å². The van der Waals surface area contributed by atoms with Crippen LogP contribution in [-0.2, 0) is 0 Å². The first-order chi connectivity index (χ1) is 8.66. The molecule has 1 aliphatic carbocycles. The standard InChI is InChI=1S/C15H23FN2/c1-11(13-6-4-3-5-7-13)18-12(2)14-8-15(16)10-17-9-14/h8-13,18H,3-7H2,1-2H3/t11-,12?/m1/s1. The minimum Gasteiger partial charge on any atom is -0.307 e. The van der Waals surface area contributed by atoms with Gasteiger partial charge in [0.05, 0.1) is 6.20 Å². The van der Waals surface area contributed by atoms with Crippen molar-refractivity contribution in [2.24, 2.45) is 5.92 Å². The van der Waals surface area contributed by atoms with E-state index in [9.17, 15) is 4.39 Å². The Bertz CT molecular complexity index is 375. The molecule has 1 unspecified atom stereocenters. The summed E-state index contributed by atoms with van der Waals surface area (Å²) >= 11 is 0. The highest BCUT2D eigenvalue weighted by molar-refractivity contribution is 5.14. The van der Waals surface area contributed by atoms with Gasteiger partial charge in [-0.15, -0.1) is 0 Å². The second kappa shape index (κ2) is 6.28. The SMILES string of the molecule is CC(N[C@H](C)C1CCCCC1)c1cncc(F)c1. The average molecular weight is 250 g/mol. The molecule has 0 amide bonds. The third-order valence-corrected chi connectivity index (χ3v) is 4.10. The average Bonchev–Trinajstić information content (AvgIpc) is 2.39. The van der Waals surface area contributed by atoms with Crippen molar-refractivity contribution in [3.63, 3.8) is 0 Å². The maximum Gasteiger partial charge on any atom is 0.141 e. The van der Waals surface area contributed by atoms with E-state index in [1.807, 2.05) is 0 Å². The summed E-state index contributed by atoms with van der Waals surface area (Å²) in [5, 5.41) is 3.59. The number of hydrogen-bond acceptors (Lipinski definition) is 2. The van der Waals surface area contributed by atoms with Crippen LogP contribution in [0.2, 0.25) is 0 Å². The van der Waals surface area contributed by atoms with Gasteiger partial charge in [0.25, 0.3) is 0 Å². The molecule has 1 aliphatic rings. The Morgan fingerprint density at radius 2 is 1.94 bits per heavy atom. The van der Waals surface area contributed by atoms with Gasteiger partial charge in [-0.3, -0.25) is 4.98 Å². The molecule has 0 saturated heterocycles. The fraction of sp³-hybridized carbons (Fsp3) is 0.667. The first-order valence-electron chi connectivity index (χ1n) is 7.03. The van der Waals surface area contributed by atoms with Crippen LogP contribution < -0.4 is 5.32 Å². The molecular formula is C15H23FN2. The summed E-state index contributed by atoms with van der Waals surface area (Å²) in [5.74, 6) is 0.509. The van der Waals surface area contributed by atoms with E-state index in [1.54, 1.807) is 12.3 Å². The summed E-state index contributed by atoms with van der Waals surface area (Å²) in [6.07, 6.45) is 9.73. The summed E-state index contributed by atoms with van der Waals surface area (Å²) in [5.41, 5.74) is 0.928. The van der Waals surface area contributed by atoms with Crippen molar-refractivity contribution in [3.05, 3.63) is 29.8 Å². The topological polar surface area (TPSA) is 24.9 Å². The van der Waals surface area contributed by atoms with Crippen molar-refractivity contribution in [2.45, 2.75) is 58.0 Å². The van der Waals surface area contributed by atoms with Gasteiger partial charge in [0, 0.05) is 18.3 Å². The lowest BCUT2D eigenvalue weighted by molar-refractivity contribution is 0.268. The second-order valence-electron chi connectivity index (χ2n) is 5.51. The monoisotopic (exact) mass is 250 g/mol. The van der Waals surface area contributed by atoms with E-state index in [0.717, 1.165) is 11.5 Å². The lowest BCUT2D eigenvalue weighted by atomic mass is 9.84. The number of nitrogens with zero attached hydrogens (tertiary/aromatic N) is 1. The Kier molecular flexibility index (Phi) is 4.70. The maximum absolute atomic E-state index is 13.1. The Labute approximate surface area is 109 Å². The Morgan fingerprint density at radius 3 is 2.61 bits per heavy atom. The quantitative estimate of drug-likeness (QED) is 0.878. The van der Waals surface area contributed by atoms with Gasteiger partial charge >= 0.3 is 0 Å². The third kappa shape index (κ3) is 3.52. The van der Waals surface area contributed by atoms with Gasteiger partial charge in [-0.05, 0) is 44.2 Å². The third-order valence-electron chi connectivity index (χ3n) is 4.10. The van der Waals surface area contributed by atoms with Crippen molar-refractivity contribution in [1.82, 2.24) is 10.3 Å². The zero-order valence-corrected chi connectivity index (χ0v) is 11.3. The van der Waals surface area contributed by atoms with Gasteiger partial charge in [0.1, 0.15) is 5.82 Å². The number of hydrogen-bond donors (Lipinski definition) is 1. The van der Waals surface area contributed by atoms with Crippen LogP contribution in [0.3, 0.4) is 0 Å². The number of pyridine rings is 1. The normalized spacial score (nSPS) is 20.6. The number of halogens is 1. The zero-order chi connectivity index (χ0) is 13.0. The molecule has 0 aliphatic heterocycles. The van der Waals surface area contributed by atoms with Crippen molar-refractivity contribution in [3.8, 4) is 0 Å². The summed E-state index contributed by atoms with van der Waals surface area (Å²) < 4.78 is 13.1. The summed E-state index contributed by atoms with van der Waals surface area (Å²) in [7, 11) is 0. The van der Waals surface area contributed by atoms with Crippen LogP contribution in [0.25, 0.3) is 0 Å². The highest BCUT2D eigenvalue weighted by Crippen LogP contribution is 2.27. The molecule has 18 heavy (non-hydrogen) atoms. The number of aromatic nitrogens is 1. The fourth-order valence-electron chi connectivity index (χ4n) is 2.93. The highest BCUT2D eigenvalue weighted by atomic mass is 19.1. The summed E-state index contributed by atoms with van der Waals surface area (Å²) in [6, 6.07) is 2.21. The maximum atomic E-state index is 13.1. The molecule has 0 radical (unpaired) electrons. The lowest BCUT2D eigenvalue weighted by Crippen LogP contribution is -2.36. The van der Waals surface area contributed by atoms with Crippen LogP contribution in [0.1, 0.15) is 57.6 Å². The van der Waals surface area contributed by atoms with Crippen LogP contribution in [0.15, 0.2) is 18.5 Å². The van der Waals surface area contributed by atoms with Crippen LogP contribution >= 0.6 is 0 Å². The lowest BCUT2D eigenvalue weighted by Gasteiger charge is -2.30. The molecule has 3 heteroatoms. The van der Waals surface area contributed by atoms with Crippen LogP contribution in [0, 0.1) is 11.7 Å². The molecule has 1 fully saturated rings. The largest absolute Gasteiger partial charge is 0.307 e. The van der Waals surface area contributed by atoms with Crippen molar-refractivity contribution in [2.75, 3.05) is 0 Å². The molecule has 1 aromatic rings. The summed E-state index contributed by atoms with van der Waals surface area (Å²) in [6.45, 7) is 4.33. The molecule has 2 rings (SSSR count). The smallest absolute Gasteiger partial charge is 0.141 e. The fourth-order valence-corrected chi connectivity index (χ4v) is 2.93. The van der Waals surface area contributed by atoms with Gasteiger partial charge in [0.2, 0.25) is 0 Å². The molecule has 0 bridgehead atoms. The van der Waals surface area contributed by atoms with Crippen molar-refractivity contribution in [1.29, 1.82) is 0 Å². The summed E-state index contributed by atoms with van der Waals surface area (Å²) in [4.78, 5) is 3.91. The van der Waals surface area contributed by atoms with E-state index in [1.165, 1.54) is 38.3 Å². The van der Waals surface area contributed by atoms with Crippen LogP contribution in [0.5, 0.6) is 0 Å². The first kappa shape index (κ1) is 13.5. The molecule has 1 aromatic heterocycles. The van der Waals surface area contributed by atoms with Gasteiger partial charge in [-0.2, -0.15) is 0 Å². The number of rotatable bonds is 4. The Morgan fingerprint density at radius 1 is 1.22 bits per heavy atom. The minimum absolute atomic E-state index is 0.158. The molecule has 2 atom stereocenters. The first-order valence-corrected chi connectivity index (χ1v) is 7.03. The van der Waals surface area contributed by atoms with E-state index < -0.39 is 0 Å². The van der Waals surface area contributed by atoms with Gasteiger partial charge in [-0.25, -0.2) is 4.39 Å². The second-order valence-corrected chi connectivity index (χ2v) is 5.51. The van der Waals surface area contributed by atoms with Crippen molar-refractivity contribution < 1.29 is 4.39 Å². The van der Waals surface area contributed by atoms with E-state index in [2.05, 4.69) is 24.1 Å². The molecule has 0 spiro atoms. The molecule has 1 saturated carbocycles. The molecule has 2 nitrogen and oxygen atoms in total.